The number of rotatable bonds is 8. The van der Waals surface area contributed by atoms with Crippen molar-refractivity contribution in [3.63, 3.8) is 0 Å². The normalized spacial score (nSPS) is 29.8. The molecule has 3 saturated carbocycles. The maximum absolute atomic E-state index is 12.3. The lowest BCUT2D eigenvalue weighted by molar-refractivity contribution is -0.179. The predicted molar refractivity (Wildman–Crippen MR) is 93.4 cm³/mol. The van der Waals surface area contributed by atoms with E-state index in [9.17, 15) is 9.59 Å². The molecule has 0 heterocycles. The van der Waals surface area contributed by atoms with E-state index in [-0.39, 0.29) is 24.1 Å². The molecule has 2 bridgehead atoms. The summed E-state index contributed by atoms with van der Waals surface area (Å²) >= 11 is 0. The second-order valence-electron chi connectivity index (χ2n) is 8.10. The molecule has 0 saturated heterocycles. The summed E-state index contributed by atoms with van der Waals surface area (Å²) in [5.41, 5.74) is 0.678. The third kappa shape index (κ3) is 4.61. The smallest absolute Gasteiger partial charge is 0.333 e. The summed E-state index contributed by atoms with van der Waals surface area (Å²) < 4.78 is 11.0. The molecule has 136 valence electrons. The first-order valence-electron chi connectivity index (χ1n) is 9.34. The van der Waals surface area contributed by atoms with Crippen molar-refractivity contribution < 1.29 is 19.1 Å². The zero-order chi connectivity index (χ0) is 17.8. The summed E-state index contributed by atoms with van der Waals surface area (Å²) in [7, 11) is 0. The molecule has 4 nitrogen and oxygen atoms in total. The van der Waals surface area contributed by atoms with Gasteiger partial charge in [-0.3, -0.25) is 4.79 Å². The highest BCUT2D eigenvalue weighted by Gasteiger charge is 2.50. The number of carbonyl (C=O) groups excluding carboxylic acids is 2. The van der Waals surface area contributed by atoms with Gasteiger partial charge in [-0.15, -0.1) is 0 Å². The van der Waals surface area contributed by atoms with Gasteiger partial charge < -0.3 is 9.47 Å². The van der Waals surface area contributed by atoms with Crippen molar-refractivity contribution in [2.75, 3.05) is 6.61 Å². The average Bonchev–Trinajstić information content (AvgIpc) is 2.54. The van der Waals surface area contributed by atoms with Crippen molar-refractivity contribution in [1.82, 2.24) is 0 Å². The minimum atomic E-state index is -0.402. The number of carbonyl (C=O) groups is 2. The van der Waals surface area contributed by atoms with Crippen LogP contribution in [0.25, 0.3) is 0 Å². The summed E-state index contributed by atoms with van der Waals surface area (Å²) in [6, 6.07) is 0. The highest BCUT2D eigenvalue weighted by molar-refractivity contribution is 5.86. The van der Waals surface area contributed by atoms with E-state index in [0.717, 1.165) is 19.3 Å². The molecule has 0 aromatic heterocycles. The maximum atomic E-state index is 12.3. The van der Waals surface area contributed by atoms with E-state index in [1.165, 1.54) is 32.1 Å². The van der Waals surface area contributed by atoms with Gasteiger partial charge in [0.25, 0.3) is 0 Å². The summed E-state index contributed by atoms with van der Waals surface area (Å²) in [5, 5.41) is 0. The van der Waals surface area contributed by atoms with Gasteiger partial charge in [-0.1, -0.05) is 26.8 Å². The number of esters is 2. The lowest BCUT2D eigenvalue weighted by atomic mass is 9.57. The van der Waals surface area contributed by atoms with Gasteiger partial charge >= 0.3 is 11.9 Å². The second-order valence-corrected chi connectivity index (χ2v) is 8.10. The molecule has 0 aliphatic heterocycles. The van der Waals surface area contributed by atoms with Crippen LogP contribution in [0, 0.1) is 11.3 Å². The van der Waals surface area contributed by atoms with E-state index in [1.807, 2.05) is 6.92 Å². The molecule has 3 aliphatic carbocycles. The third-order valence-corrected chi connectivity index (χ3v) is 5.81. The first-order valence-corrected chi connectivity index (χ1v) is 9.34. The molecule has 4 heteroatoms. The lowest BCUT2D eigenvalue weighted by Crippen LogP contribution is -2.48. The lowest BCUT2D eigenvalue weighted by Gasteiger charge is -2.52. The first-order chi connectivity index (χ1) is 11.3. The summed E-state index contributed by atoms with van der Waals surface area (Å²) in [5.74, 6) is -0.594. The summed E-state index contributed by atoms with van der Waals surface area (Å²) in [6.07, 6.45) is 9.47. The van der Waals surface area contributed by atoms with Crippen LogP contribution in [0.5, 0.6) is 0 Å². The van der Waals surface area contributed by atoms with E-state index in [0.29, 0.717) is 17.4 Å². The van der Waals surface area contributed by atoms with Crippen LogP contribution in [-0.4, -0.2) is 24.1 Å². The summed E-state index contributed by atoms with van der Waals surface area (Å²) in [4.78, 5) is 23.7. The average molecular weight is 336 g/mol. The van der Waals surface area contributed by atoms with E-state index in [1.54, 1.807) is 6.92 Å². The Morgan fingerprint density at radius 3 is 2.21 bits per heavy atom. The number of fused-ring (bicyclic) bond motifs is 3. The van der Waals surface area contributed by atoms with Crippen LogP contribution < -0.4 is 0 Å². The largest absolute Gasteiger partial charge is 0.462 e. The Balaban J connectivity index is 1.77. The van der Waals surface area contributed by atoms with E-state index in [4.69, 9.17) is 9.47 Å². The van der Waals surface area contributed by atoms with Crippen molar-refractivity contribution in [2.24, 2.45) is 11.3 Å². The SMILES string of the molecule is C=C(C)C(=O)OC[C@@H](C)CC(=O)OC12CCC(CCC)(CC1)CC2. The first kappa shape index (κ1) is 19.0. The van der Waals surface area contributed by atoms with Crippen LogP contribution in [0.15, 0.2) is 12.2 Å². The molecule has 0 amide bonds. The Hall–Kier alpha value is -1.32. The van der Waals surface area contributed by atoms with Crippen LogP contribution in [-0.2, 0) is 19.1 Å². The Morgan fingerprint density at radius 1 is 1.12 bits per heavy atom. The topological polar surface area (TPSA) is 52.6 Å². The maximum Gasteiger partial charge on any atom is 0.333 e. The van der Waals surface area contributed by atoms with Gasteiger partial charge in [0.2, 0.25) is 0 Å². The Bertz CT molecular complexity index is 469. The van der Waals surface area contributed by atoms with Gasteiger partial charge in [0.15, 0.2) is 0 Å². The van der Waals surface area contributed by atoms with Crippen molar-refractivity contribution in [3.8, 4) is 0 Å². The molecule has 24 heavy (non-hydrogen) atoms. The van der Waals surface area contributed by atoms with Crippen LogP contribution in [0.4, 0.5) is 0 Å². The molecule has 1 atom stereocenters. The van der Waals surface area contributed by atoms with Crippen LogP contribution >= 0.6 is 0 Å². The fourth-order valence-electron chi connectivity index (χ4n) is 4.26. The van der Waals surface area contributed by atoms with Gasteiger partial charge in [0, 0.05) is 11.5 Å². The fourth-order valence-corrected chi connectivity index (χ4v) is 4.26. The molecule has 3 fully saturated rings. The Labute approximate surface area is 146 Å². The molecule has 0 N–H and O–H groups in total. The monoisotopic (exact) mass is 336 g/mol. The van der Waals surface area contributed by atoms with Crippen molar-refractivity contribution in [2.45, 2.75) is 84.2 Å². The highest BCUT2D eigenvalue weighted by atomic mass is 16.6. The molecule has 0 radical (unpaired) electrons. The molecular formula is C20H32O4. The molecule has 3 rings (SSSR count). The number of hydrogen-bond acceptors (Lipinski definition) is 4. The molecule has 0 aromatic carbocycles. The molecule has 3 aliphatic rings. The van der Waals surface area contributed by atoms with E-state index < -0.39 is 5.97 Å². The van der Waals surface area contributed by atoms with Crippen LogP contribution in [0.1, 0.15) is 78.6 Å². The fraction of sp³-hybridized carbons (Fsp3) is 0.800. The zero-order valence-corrected chi connectivity index (χ0v) is 15.5. The molecular weight excluding hydrogens is 304 g/mol. The Morgan fingerprint density at radius 2 is 1.71 bits per heavy atom. The number of hydrogen-bond donors (Lipinski definition) is 0. The van der Waals surface area contributed by atoms with E-state index in [2.05, 4.69) is 13.5 Å². The number of ether oxygens (including phenoxy) is 2. The van der Waals surface area contributed by atoms with Gasteiger partial charge in [0.05, 0.1) is 13.0 Å². The van der Waals surface area contributed by atoms with Crippen molar-refractivity contribution >= 4 is 11.9 Å². The molecule has 0 unspecified atom stereocenters. The van der Waals surface area contributed by atoms with Crippen LogP contribution in [0.3, 0.4) is 0 Å². The quantitative estimate of drug-likeness (QED) is 0.481. The van der Waals surface area contributed by atoms with E-state index >= 15 is 0 Å². The van der Waals surface area contributed by atoms with Gasteiger partial charge in [-0.2, -0.15) is 0 Å². The summed E-state index contributed by atoms with van der Waals surface area (Å²) in [6.45, 7) is 9.55. The van der Waals surface area contributed by atoms with Gasteiger partial charge in [0.1, 0.15) is 5.60 Å². The standard InChI is InChI=1S/C20H32O4/c1-5-6-19-7-10-20(11-8-19,12-9-19)24-17(21)13-16(4)14-23-18(22)15(2)3/h16H,2,5-14H2,1,3-4H3/t16-,19?,20?/m0/s1. The predicted octanol–water partition coefficient (Wildman–Crippen LogP) is 4.57. The molecule has 0 spiro atoms. The zero-order valence-electron chi connectivity index (χ0n) is 15.5. The second kappa shape index (κ2) is 7.71. The van der Waals surface area contributed by atoms with Gasteiger partial charge in [-0.25, -0.2) is 4.79 Å². The van der Waals surface area contributed by atoms with Crippen molar-refractivity contribution in [1.29, 1.82) is 0 Å². The molecule has 0 aromatic rings. The minimum absolute atomic E-state index is 0.0384. The minimum Gasteiger partial charge on any atom is -0.462 e. The van der Waals surface area contributed by atoms with Gasteiger partial charge in [-0.05, 0) is 57.3 Å². The van der Waals surface area contributed by atoms with Crippen LogP contribution in [0.2, 0.25) is 0 Å². The Kier molecular flexibility index (Phi) is 6.11. The highest BCUT2D eigenvalue weighted by Crippen LogP contribution is 2.56. The third-order valence-electron chi connectivity index (χ3n) is 5.81. The van der Waals surface area contributed by atoms with Crippen molar-refractivity contribution in [3.05, 3.63) is 12.2 Å².